The first-order chi connectivity index (χ1) is 9.02. The molecule has 0 saturated heterocycles. The molecule has 0 aromatic carbocycles. The Bertz CT molecular complexity index is 509. The van der Waals surface area contributed by atoms with E-state index in [1.807, 2.05) is 18.4 Å². The minimum absolute atomic E-state index is 0.0227. The Morgan fingerprint density at radius 1 is 1.63 bits per heavy atom. The second kappa shape index (κ2) is 5.71. The molecular formula is C15H19ClN2O. The minimum atomic E-state index is -0.0227. The van der Waals surface area contributed by atoms with Gasteiger partial charge in [-0.3, -0.25) is 4.79 Å². The third-order valence-corrected chi connectivity index (χ3v) is 3.54. The molecule has 1 aromatic rings. The molecule has 3 nitrogen and oxygen atoms in total. The van der Waals surface area contributed by atoms with Crippen molar-refractivity contribution in [2.45, 2.75) is 32.7 Å². The van der Waals surface area contributed by atoms with Crippen LogP contribution < -0.4 is 0 Å². The number of nitrogens with zero attached hydrogens (tertiary/aromatic N) is 2. The van der Waals surface area contributed by atoms with Gasteiger partial charge >= 0.3 is 0 Å². The van der Waals surface area contributed by atoms with E-state index in [-0.39, 0.29) is 11.9 Å². The van der Waals surface area contributed by atoms with Gasteiger partial charge in [0.05, 0.1) is 11.6 Å². The molecule has 0 unspecified atom stereocenters. The summed E-state index contributed by atoms with van der Waals surface area (Å²) in [5, 5.41) is 0.587. The van der Waals surface area contributed by atoms with Crippen molar-refractivity contribution in [1.29, 1.82) is 0 Å². The van der Waals surface area contributed by atoms with Crippen LogP contribution in [0, 0.1) is 18.3 Å². The summed E-state index contributed by atoms with van der Waals surface area (Å²) in [4.78, 5) is 14.3. The number of halogens is 1. The van der Waals surface area contributed by atoms with Gasteiger partial charge in [0.2, 0.25) is 0 Å². The van der Waals surface area contributed by atoms with Gasteiger partial charge in [0.15, 0.2) is 0 Å². The van der Waals surface area contributed by atoms with Crippen molar-refractivity contribution in [3.05, 3.63) is 23.0 Å². The van der Waals surface area contributed by atoms with E-state index in [0.29, 0.717) is 23.2 Å². The van der Waals surface area contributed by atoms with Crippen molar-refractivity contribution in [1.82, 2.24) is 9.47 Å². The summed E-state index contributed by atoms with van der Waals surface area (Å²) >= 11 is 6.02. The lowest BCUT2D eigenvalue weighted by molar-refractivity contribution is 0.0757. The number of carbonyl (C=O) groups excluding carboxylic acids is 1. The minimum Gasteiger partial charge on any atom is -0.339 e. The normalized spacial score (nSPS) is 14.5. The van der Waals surface area contributed by atoms with E-state index in [0.717, 1.165) is 6.54 Å². The number of terminal acetylenes is 1. The quantitative estimate of drug-likeness (QED) is 0.759. The fourth-order valence-electron chi connectivity index (χ4n) is 2.15. The van der Waals surface area contributed by atoms with E-state index >= 15 is 0 Å². The number of hydrogen-bond acceptors (Lipinski definition) is 1. The molecule has 1 heterocycles. The number of rotatable bonds is 5. The van der Waals surface area contributed by atoms with Crippen LogP contribution in [0.4, 0.5) is 0 Å². The van der Waals surface area contributed by atoms with E-state index < -0.39 is 0 Å². The van der Waals surface area contributed by atoms with E-state index in [1.165, 1.54) is 12.8 Å². The van der Waals surface area contributed by atoms with Crippen LogP contribution >= 0.6 is 11.6 Å². The van der Waals surface area contributed by atoms with Crippen LogP contribution in [0.5, 0.6) is 0 Å². The van der Waals surface area contributed by atoms with Gasteiger partial charge in [-0.25, -0.2) is 0 Å². The Kier molecular flexibility index (Phi) is 4.21. The highest BCUT2D eigenvalue weighted by Crippen LogP contribution is 2.30. The van der Waals surface area contributed by atoms with Gasteiger partial charge < -0.3 is 9.47 Å². The Hall–Kier alpha value is -1.40. The highest BCUT2D eigenvalue weighted by Gasteiger charge is 2.28. The number of hydrogen-bond donors (Lipinski definition) is 0. The van der Waals surface area contributed by atoms with Crippen LogP contribution in [-0.4, -0.2) is 28.5 Å². The summed E-state index contributed by atoms with van der Waals surface area (Å²) in [5.41, 5.74) is 0.621. The van der Waals surface area contributed by atoms with Crippen LogP contribution in [0.2, 0.25) is 5.02 Å². The Labute approximate surface area is 119 Å². The highest BCUT2D eigenvalue weighted by atomic mass is 35.5. The molecular weight excluding hydrogens is 260 g/mol. The number of amides is 1. The second-order valence-electron chi connectivity index (χ2n) is 5.38. The molecule has 4 heteroatoms. The molecule has 0 spiro atoms. The Balaban J connectivity index is 2.22. The molecule has 0 bridgehead atoms. The van der Waals surface area contributed by atoms with Gasteiger partial charge in [-0.05, 0) is 38.7 Å². The van der Waals surface area contributed by atoms with Gasteiger partial charge in [0.1, 0.15) is 5.69 Å². The van der Waals surface area contributed by atoms with Gasteiger partial charge in [0, 0.05) is 18.8 Å². The topological polar surface area (TPSA) is 25.2 Å². The molecule has 1 fully saturated rings. The van der Waals surface area contributed by atoms with Crippen LogP contribution in [-0.2, 0) is 0 Å². The monoisotopic (exact) mass is 278 g/mol. The second-order valence-corrected chi connectivity index (χ2v) is 5.81. The molecule has 19 heavy (non-hydrogen) atoms. The lowest BCUT2D eigenvalue weighted by Gasteiger charge is -2.22. The molecule has 1 aromatic heterocycles. The lowest BCUT2D eigenvalue weighted by Crippen LogP contribution is -2.34. The summed E-state index contributed by atoms with van der Waals surface area (Å²) in [6, 6.07) is 1.92. The van der Waals surface area contributed by atoms with Crippen molar-refractivity contribution >= 4 is 17.5 Å². The van der Waals surface area contributed by atoms with E-state index in [2.05, 4.69) is 5.92 Å². The van der Waals surface area contributed by atoms with Crippen molar-refractivity contribution < 1.29 is 4.79 Å². The third-order valence-electron chi connectivity index (χ3n) is 3.34. The smallest absolute Gasteiger partial charge is 0.271 e. The largest absolute Gasteiger partial charge is 0.339 e. The molecule has 0 atom stereocenters. The summed E-state index contributed by atoms with van der Waals surface area (Å²) in [6.45, 7) is 5.17. The maximum atomic E-state index is 12.6. The first-order valence-electron chi connectivity index (χ1n) is 6.63. The van der Waals surface area contributed by atoms with Gasteiger partial charge in [0.25, 0.3) is 5.91 Å². The maximum Gasteiger partial charge on any atom is 0.271 e. The molecule has 0 aliphatic heterocycles. The SMILES string of the molecule is C#CCN(CC1CC1)C(=O)c1cc(Cl)cn1C(C)C. The molecule has 1 amide bonds. The predicted octanol–water partition coefficient (Wildman–Crippen LogP) is 3.21. The molecule has 2 rings (SSSR count). The van der Waals surface area contributed by atoms with Crippen LogP contribution in [0.15, 0.2) is 12.3 Å². The fourth-order valence-corrected chi connectivity index (χ4v) is 2.36. The summed E-state index contributed by atoms with van der Waals surface area (Å²) in [5.74, 6) is 3.17. The molecule has 0 radical (unpaired) electrons. The van der Waals surface area contributed by atoms with E-state index in [4.69, 9.17) is 18.0 Å². The highest BCUT2D eigenvalue weighted by molar-refractivity contribution is 6.31. The zero-order valence-electron chi connectivity index (χ0n) is 11.4. The van der Waals surface area contributed by atoms with E-state index in [9.17, 15) is 4.79 Å². The van der Waals surface area contributed by atoms with Crippen molar-refractivity contribution in [2.75, 3.05) is 13.1 Å². The van der Waals surface area contributed by atoms with Gasteiger partial charge in [-0.15, -0.1) is 6.42 Å². The van der Waals surface area contributed by atoms with Gasteiger partial charge in [-0.1, -0.05) is 17.5 Å². The number of carbonyl (C=O) groups is 1. The van der Waals surface area contributed by atoms with Crippen LogP contribution in [0.3, 0.4) is 0 Å². The van der Waals surface area contributed by atoms with Crippen molar-refractivity contribution in [2.24, 2.45) is 5.92 Å². The fraction of sp³-hybridized carbons (Fsp3) is 0.533. The first-order valence-corrected chi connectivity index (χ1v) is 7.00. The van der Waals surface area contributed by atoms with Gasteiger partial charge in [-0.2, -0.15) is 0 Å². The predicted molar refractivity (Wildman–Crippen MR) is 77.3 cm³/mol. The molecule has 1 saturated carbocycles. The van der Waals surface area contributed by atoms with Crippen LogP contribution in [0.1, 0.15) is 43.2 Å². The summed E-state index contributed by atoms with van der Waals surface area (Å²) in [7, 11) is 0. The lowest BCUT2D eigenvalue weighted by atomic mass is 10.3. The van der Waals surface area contributed by atoms with Crippen molar-refractivity contribution in [3.8, 4) is 12.3 Å². The van der Waals surface area contributed by atoms with E-state index in [1.54, 1.807) is 17.2 Å². The van der Waals surface area contributed by atoms with Crippen LogP contribution in [0.25, 0.3) is 0 Å². The standard InChI is InChI=1S/C15H19ClN2O/c1-4-7-17(9-12-5-6-12)15(19)14-8-13(16)10-18(14)11(2)3/h1,8,10-12H,5-7,9H2,2-3H3. The third kappa shape index (κ3) is 3.33. The summed E-state index contributed by atoms with van der Waals surface area (Å²) in [6.07, 6.45) is 9.55. The molecule has 1 aliphatic rings. The molecule has 102 valence electrons. The maximum absolute atomic E-state index is 12.6. The molecule has 1 aliphatic carbocycles. The Morgan fingerprint density at radius 3 is 2.84 bits per heavy atom. The Morgan fingerprint density at radius 2 is 2.32 bits per heavy atom. The first kappa shape index (κ1) is 14.0. The summed E-state index contributed by atoms with van der Waals surface area (Å²) < 4.78 is 1.90. The average molecular weight is 279 g/mol. The zero-order chi connectivity index (χ0) is 14.0. The van der Waals surface area contributed by atoms with Crippen molar-refractivity contribution in [3.63, 3.8) is 0 Å². The number of aromatic nitrogens is 1. The average Bonchev–Trinajstić information content (AvgIpc) is 3.08. The zero-order valence-corrected chi connectivity index (χ0v) is 12.2. The molecule has 0 N–H and O–H groups in total.